The standard InChI is InChI=1S/C12H18N2O2/c1-12(2,3)14-7-9(13)8-4-5-10(15)11(16)6-8/h4-6,13-16H,7H2,1-3H3. The Labute approximate surface area is 95.4 Å². The lowest BCUT2D eigenvalue weighted by molar-refractivity contribution is 0.403. The van der Waals surface area contributed by atoms with Crippen LogP contribution in [0.25, 0.3) is 0 Å². The summed E-state index contributed by atoms with van der Waals surface area (Å²) in [6.07, 6.45) is 0. The van der Waals surface area contributed by atoms with Crippen LogP contribution in [0, 0.1) is 5.41 Å². The van der Waals surface area contributed by atoms with Gasteiger partial charge in [0, 0.05) is 17.6 Å². The number of nitrogens with one attached hydrogen (secondary N) is 2. The zero-order chi connectivity index (χ0) is 12.3. The van der Waals surface area contributed by atoms with E-state index in [9.17, 15) is 5.11 Å². The molecule has 0 spiro atoms. The molecule has 0 fully saturated rings. The van der Waals surface area contributed by atoms with E-state index in [0.717, 1.165) is 0 Å². The Bertz CT molecular complexity index is 394. The molecule has 0 radical (unpaired) electrons. The molecule has 0 heterocycles. The van der Waals surface area contributed by atoms with Gasteiger partial charge in [0.2, 0.25) is 0 Å². The van der Waals surface area contributed by atoms with Gasteiger partial charge in [0.25, 0.3) is 0 Å². The van der Waals surface area contributed by atoms with Crippen LogP contribution < -0.4 is 5.32 Å². The first kappa shape index (κ1) is 12.5. The van der Waals surface area contributed by atoms with E-state index in [1.54, 1.807) is 6.07 Å². The van der Waals surface area contributed by atoms with Gasteiger partial charge in [-0.05, 0) is 39.0 Å². The van der Waals surface area contributed by atoms with Crippen LogP contribution in [0.2, 0.25) is 0 Å². The normalized spacial score (nSPS) is 11.4. The van der Waals surface area contributed by atoms with Crippen molar-refractivity contribution in [3.63, 3.8) is 0 Å². The summed E-state index contributed by atoms with van der Waals surface area (Å²) >= 11 is 0. The average molecular weight is 222 g/mol. The Morgan fingerprint density at radius 3 is 2.38 bits per heavy atom. The molecule has 0 aromatic heterocycles. The number of hydrogen-bond acceptors (Lipinski definition) is 4. The summed E-state index contributed by atoms with van der Waals surface area (Å²) in [7, 11) is 0. The lowest BCUT2D eigenvalue weighted by Crippen LogP contribution is -2.39. The smallest absolute Gasteiger partial charge is 0.158 e. The summed E-state index contributed by atoms with van der Waals surface area (Å²) < 4.78 is 0. The minimum atomic E-state index is -0.196. The fraction of sp³-hybridized carbons (Fsp3) is 0.417. The van der Waals surface area contributed by atoms with Gasteiger partial charge < -0.3 is 20.9 Å². The molecule has 0 saturated carbocycles. The Kier molecular flexibility index (Phi) is 3.55. The Morgan fingerprint density at radius 2 is 1.88 bits per heavy atom. The van der Waals surface area contributed by atoms with E-state index in [-0.39, 0.29) is 17.0 Å². The highest BCUT2D eigenvalue weighted by Gasteiger charge is 2.11. The minimum Gasteiger partial charge on any atom is -0.504 e. The molecule has 4 heteroatoms. The Hall–Kier alpha value is -1.55. The second-order valence-electron chi connectivity index (χ2n) is 4.79. The molecule has 0 saturated heterocycles. The third-order valence-electron chi connectivity index (χ3n) is 2.12. The van der Waals surface area contributed by atoms with Gasteiger partial charge in [-0.25, -0.2) is 0 Å². The van der Waals surface area contributed by atoms with Gasteiger partial charge in [-0.15, -0.1) is 0 Å². The van der Waals surface area contributed by atoms with Gasteiger partial charge in [-0.3, -0.25) is 0 Å². The molecule has 0 amide bonds. The summed E-state index contributed by atoms with van der Waals surface area (Å²) in [5.74, 6) is -0.363. The van der Waals surface area contributed by atoms with Gasteiger partial charge in [0.15, 0.2) is 11.5 Å². The van der Waals surface area contributed by atoms with Crippen molar-refractivity contribution in [1.82, 2.24) is 5.32 Å². The van der Waals surface area contributed by atoms with Crippen molar-refractivity contribution in [2.75, 3.05) is 6.54 Å². The number of rotatable bonds is 3. The maximum Gasteiger partial charge on any atom is 0.158 e. The SMILES string of the molecule is CC(C)(C)NCC(=N)c1ccc(O)c(O)c1. The molecule has 4 N–H and O–H groups in total. The van der Waals surface area contributed by atoms with Crippen LogP contribution in [0.4, 0.5) is 0 Å². The van der Waals surface area contributed by atoms with E-state index >= 15 is 0 Å². The van der Waals surface area contributed by atoms with Crippen LogP contribution in [0.1, 0.15) is 26.3 Å². The van der Waals surface area contributed by atoms with Crippen molar-refractivity contribution in [2.24, 2.45) is 0 Å². The number of phenols is 2. The molecular formula is C12H18N2O2. The summed E-state index contributed by atoms with van der Waals surface area (Å²) in [6.45, 7) is 6.49. The summed E-state index contributed by atoms with van der Waals surface area (Å²) in [6, 6.07) is 4.39. The molecule has 88 valence electrons. The van der Waals surface area contributed by atoms with Crippen LogP contribution in [-0.4, -0.2) is 28.0 Å². The van der Waals surface area contributed by atoms with Gasteiger partial charge in [0.1, 0.15) is 0 Å². The third-order valence-corrected chi connectivity index (χ3v) is 2.12. The van der Waals surface area contributed by atoms with Crippen LogP contribution >= 0.6 is 0 Å². The molecule has 0 atom stereocenters. The van der Waals surface area contributed by atoms with Crippen molar-refractivity contribution in [1.29, 1.82) is 5.41 Å². The molecule has 4 nitrogen and oxygen atoms in total. The summed E-state index contributed by atoms with van der Waals surface area (Å²) in [5.41, 5.74) is 0.933. The molecule has 0 aliphatic carbocycles. The predicted octanol–water partition coefficient (Wildman–Crippen LogP) is 1.85. The zero-order valence-electron chi connectivity index (χ0n) is 9.83. The number of benzene rings is 1. The summed E-state index contributed by atoms with van der Waals surface area (Å²) in [5, 5.41) is 29.5. The molecule has 0 aliphatic rings. The van der Waals surface area contributed by atoms with E-state index in [1.165, 1.54) is 12.1 Å². The lowest BCUT2D eigenvalue weighted by Gasteiger charge is -2.20. The zero-order valence-corrected chi connectivity index (χ0v) is 9.83. The van der Waals surface area contributed by atoms with E-state index in [4.69, 9.17) is 10.5 Å². The number of hydrogen-bond donors (Lipinski definition) is 4. The molecule has 1 aromatic rings. The monoisotopic (exact) mass is 222 g/mol. The highest BCUT2D eigenvalue weighted by Crippen LogP contribution is 2.24. The first-order valence-corrected chi connectivity index (χ1v) is 5.14. The molecule has 1 aromatic carbocycles. The maximum atomic E-state index is 9.31. The van der Waals surface area contributed by atoms with E-state index in [0.29, 0.717) is 17.8 Å². The first-order chi connectivity index (χ1) is 7.29. The van der Waals surface area contributed by atoms with Crippen LogP contribution in [0.5, 0.6) is 11.5 Å². The van der Waals surface area contributed by atoms with Crippen molar-refractivity contribution >= 4 is 5.71 Å². The Balaban J connectivity index is 2.70. The van der Waals surface area contributed by atoms with Gasteiger partial charge in [0.05, 0.1) is 5.71 Å². The largest absolute Gasteiger partial charge is 0.504 e. The highest BCUT2D eigenvalue weighted by atomic mass is 16.3. The fourth-order valence-electron chi connectivity index (χ4n) is 1.17. The van der Waals surface area contributed by atoms with Crippen molar-refractivity contribution in [2.45, 2.75) is 26.3 Å². The van der Waals surface area contributed by atoms with Gasteiger partial charge >= 0.3 is 0 Å². The average Bonchev–Trinajstić information content (AvgIpc) is 2.17. The fourth-order valence-corrected chi connectivity index (χ4v) is 1.17. The minimum absolute atomic E-state index is 0.0503. The van der Waals surface area contributed by atoms with E-state index in [2.05, 4.69) is 5.32 Å². The maximum absolute atomic E-state index is 9.31. The molecule has 1 rings (SSSR count). The third kappa shape index (κ3) is 3.55. The summed E-state index contributed by atoms with van der Waals surface area (Å²) in [4.78, 5) is 0. The second kappa shape index (κ2) is 4.53. The van der Waals surface area contributed by atoms with Crippen LogP contribution in [0.15, 0.2) is 18.2 Å². The number of phenolic OH excluding ortho intramolecular Hbond substituents is 2. The van der Waals surface area contributed by atoms with E-state index < -0.39 is 0 Å². The highest BCUT2D eigenvalue weighted by molar-refractivity contribution is 6.00. The van der Waals surface area contributed by atoms with Gasteiger partial charge in [-0.2, -0.15) is 0 Å². The molecule has 0 bridgehead atoms. The van der Waals surface area contributed by atoms with Crippen molar-refractivity contribution in [3.8, 4) is 11.5 Å². The molecule has 16 heavy (non-hydrogen) atoms. The quantitative estimate of drug-likeness (QED) is 0.465. The first-order valence-electron chi connectivity index (χ1n) is 5.14. The topological polar surface area (TPSA) is 76.3 Å². The Morgan fingerprint density at radius 1 is 1.25 bits per heavy atom. The van der Waals surface area contributed by atoms with Crippen LogP contribution in [0.3, 0.4) is 0 Å². The molecule has 0 aliphatic heterocycles. The van der Waals surface area contributed by atoms with Crippen molar-refractivity contribution < 1.29 is 10.2 Å². The van der Waals surface area contributed by atoms with Crippen molar-refractivity contribution in [3.05, 3.63) is 23.8 Å². The van der Waals surface area contributed by atoms with Crippen LogP contribution in [-0.2, 0) is 0 Å². The second-order valence-corrected chi connectivity index (χ2v) is 4.79. The molecule has 0 unspecified atom stereocenters. The lowest BCUT2D eigenvalue weighted by atomic mass is 10.1. The molecular weight excluding hydrogens is 204 g/mol. The van der Waals surface area contributed by atoms with Gasteiger partial charge in [-0.1, -0.05) is 0 Å². The number of aromatic hydroxyl groups is 2. The predicted molar refractivity (Wildman–Crippen MR) is 64.4 cm³/mol. The van der Waals surface area contributed by atoms with E-state index in [1.807, 2.05) is 20.8 Å².